The zero-order valence-electron chi connectivity index (χ0n) is 18.8. The number of amides is 2. The predicted molar refractivity (Wildman–Crippen MR) is 119 cm³/mol. The highest BCUT2D eigenvalue weighted by atomic mass is 16.5. The van der Waals surface area contributed by atoms with Crippen LogP contribution in [0.1, 0.15) is 18.4 Å². The van der Waals surface area contributed by atoms with Gasteiger partial charge in [-0.15, -0.1) is 0 Å². The van der Waals surface area contributed by atoms with E-state index in [9.17, 15) is 9.59 Å². The number of carbonyl (C=O) groups excluding carboxylic acids is 2. The Balaban J connectivity index is 1.48. The van der Waals surface area contributed by atoms with E-state index >= 15 is 0 Å². The first-order chi connectivity index (χ1) is 15.5. The first kappa shape index (κ1) is 23.2. The first-order valence-electron chi connectivity index (χ1n) is 10.6. The number of piperidine rings is 1. The Morgan fingerprint density at radius 3 is 2.19 bits per heavy atom. The predicted octanol–water partition coefficient (Wildman–Crippen LogP) is 2.65. The van der Waals surface area contributed by atoms with Crippen LogP contribution in [-0.2, 0) is 16.1 Å². The molecule has 3 rings (SSSR count). The summed E-state index contributed by atoms with van der Waals surface area (Å²) in [5.41, 5.74) is 0.796. The SMILES string of the molecule is COc1cc(OC)c(OC)cc1CNC(=O)C1CCN(C(=O)COc2ccccc2)CC1. The average Bonchev–Trinajstić information content (AvgIpc) is 2.85. The van der Waals surface area contributed by atoms with Crippen LogP contribution in [-0.4, -0.2) is 57.7 Å². The quantitative estimate of drug-likeness (QED) is 0.643. The van der Waals surface area contributed by atoms with Crippen molar-refractivity contribution >= 4 is 11.8 Å². The van der Waals surface area contributed by atoms with E-state index in [4.69, 9.17) is 18.9 Å². The maximum atomic E-state index is 12.7. The lowest BCUT2D eigenvalue weighted by Gasteiger charge is -2.31. The zero-order chi connectivity index (χ0) is 22.9. The molecule has 1 N–H and O–H groups in total. The van der Waals surface area contributed by atoms with Gasteiger partial charge >= 0.3 is 0 Å². The number of nitrogens with zero attached hydrogens (tertiary/aromatic N) is 1. The number of nitrogens with one attached hydrogen (secondary N) is 1. The highest BCUT2D eigenvalue weighted by Gasteiger charge is 2.27. The molecule has 1 heterocycles. The average molecular weight is 443 g/mol. The standard InChI is InChI=1S/C24H30N2O6/c1-29-20-14-22(31-3)21(30-2)13-18(20)15-25-24(28)17-9-11-26(12-10-17)23(27)16-32-19-7-5-4-6-8-19/h4-8,13-14,17H,9-12,15-16H2,1-3H3,(H,25,28). The molecule has 1 fully saturated rings. The Hall–Kier alpha value is -3.42. The molecule has 8 nitrogen and oxygen atoms in total. The molecule has 32 heavy (non-hydrogen) atoms. The van der Waals surface area contributed by atoms with Crippen molar-refractivity contribution in [2.24, 2.45) is 5.92 Å². The minimum Gasteiger partial charge on any atom is -0.496 e. The molecule has 0 bridgehead atoms. The van der Waals surface area contributed by atoms with Gasteiger partial charge in [0, 0.05) is 37.2 Å². The lowest BCUT2D eigenvalue weighted by Crippen LogP contribution is -2.44. The molecule has 0 saturated carbocycles. The first-order valence-corrected chi connectivity index (χ1v) is 10.6. The topological polar surface area (TPSA) is 86.3 Å². The third-order valence-electron chi connectivity index (χ3n) is 5.56. The smallest absolute Gasteiger partial charge is 0.260 e. The summed E-state index contributed by atoms with van der Waals surface area (Å²) in [5, 5.41) is 2.98. The lowest BCUT2D eigenvalue weighted by atomic mass is 9.95. The van der Waals surface area contributed by atoms with Crippen LogP contribution >= 0.6 is 0 Å². The fourth-order valence-corrected chi connectivity index (χ4v) is 3.70. The van der Waals surface area contributed by atoms with Crippen molar-refractivity contribution in [2.45, 2.75) is 19.4 Å². The van der Waals surface area contributed by atoms with Crippen LogP contribution in [0.3, 0.4) is 0 Å². The molecule has 1 aliphatic heterocycles. The van der Waals surface area contributed by atoms with Gasteiger partial charge in [0.1, 0.15) is 11.5 Å². The van der Waals surface area contributed by atoms with E-state index in [0.717, 1.165) is 5.56 Å². The summed E-state index contributed by atoms with van der Waals surface area (Å²) >= 11 is 0. The van der Waals surface area contributed by atoms with Gasteiger partial charge in [-0.2, -0.15) is 0 Å². The highest BCUT2D eigenvalue weighted by Crippen LogP contribution is 2.34. The molecule has 0 spiro atoms. The second-order valence-corrected chi connectivity index (χ2v) is 7.49. The van der Waals surface area contributed by atoms with Gasteiger partial charge in [0.15, 0.2) is 18.1 Å². The van der Waals surface area contributed by atoms with Crippen LogP contribution in [0.25, 0.3) is 0 Å². The minimum atomic E-state index is -0.139. The fraction of sp³-hybridized carbons (Fsp3) is 0.417. The number of hydrogen-bond donors (Lipinski definition) is 1. The maximum absolute atomic E-state index is 12.7. The lowest BCUT2D eigenvalue weighted by molar-refractivity contribution is -0.137. The third kappa shape index (κ3) is 5.84. The van der Waals surface area contributed by atoms with Crippen molar-refractivity contribution in [2.75, 3.05) is 41.0 Å². The number of para-hydroxylation sites is 1. The van der Waals surface area contributed by atoms with E-state index in [-0.39, 0.29) is 24.3 Å². The van der Waals surface area contributed by atoms with Gasteiger partial charge in [0.25, 0.3) is 5.91 Å². The van der Waals surface area contributed by atoms with E-state index in [1.807, 2.05) is 30.3 Å². The minimum absolute atomic E-state index is 0.0000262. The monoisotopic (exact) mass is 442 g/mol. The Kier molecular flexibility index (Phi) is 8.19. The largest absolute Gasteiger partial charge is 0.496 e. The molecular weight excluding hydrogens is 412 g/mol. The second kappa shape index (κ2) is 11.3. The van der Waals surface area contributed by atoms with Gasteiger partial charge in [-0.25, -0.2) is 0 Å². The molecule has 1 aliphatic rings. The Morgan fingerprint density at radius 2 is 1.56 bits per heavy atom. The van der Waals surface area contributed by atoms with E-state index in [0.29, 0.717) is 55.5 Å². The third-order valence-corrected chi connectivity index (χ3v) is 5.56. The molecule has 2 aromatic rings. The molecule has 172 valence electrons. The van der Waals surface area contributed by atoms with Gasteiger partial charge in [0.2, 0.25) is 5.91 Å². The van der Waals surface area contributed by atoms with Crippen molar-refractivity contribution in [1.82, 2.24) is 10.2 Å². The molecular formula is C24H30N2O6. The van der Waals surface area contributed by atoms with E-state index in [2.05, 4.69) is 5.32 Å². The molecule has 1 saturated heterocycles. The number of ether oxygens (including phenoxy) is 4. The second-order valence-electron chi connectivity index (χ2n) is 7.49. The van der Waals surface area contributed by atoms with E-state index in [1.165, 1.54) is 0 Å². The molecule has 0 atom stereocenters. The Bertz CT molecular complexity index is 910. The molecule has 8 heteroatoms. The number of methoxy groups -OCH3 is 3. The summed E-state index contributed by atoms with van der Waals surface area (Å²) in [6.07, 6.45) is 1.23. The number of rotatable bonds is 9. The molecule has 0 unspecified atom stereocenters. The molecule has 2 aromatic carbocycles. The van der Waals surface area contributed by atoms with Gasteiger partial charge in [-0.05, 0) is 31.0 Å². The normalized spacial score (nSPS) is 13.9. The van der Waals surface area contributed by atoms with E-state index in [1.54, 1.807) is 38.4 Å². The van der Waals surface area contributed by atoms with Crippen molar-refractivity contribution in [1.29, 1.82) is 0 Å². The summed E-state index contributed by atoms with van der Waals surface area (Å²) < 4.78 is 21.6. The van der Waals surface area contributed by atoms with Gasteiger partial charge in [-0.1, -0.05) is 18.2 Å². The summed E-state index contributed by atoms with van der Waals surface area (Å²) in [5.74, 6) is 2.18. The van der Waals surface area contributed by atoms with Gasteiger partial charge in [0.05, 0.1) is 21.3 Å². The maximum Gasteiger partial charge on any atom is 0.260 e. The van der Waals surface area contributed by atoms with Crippen molar-refractivity contribution < 1.29 is 28.5 Å². The number of benzene rings is 2. The van der Waals surface area contributed by atoms with Crippen molar-refractivity contribution in [3.8, 4) is 23.0 Å². The van der Waals surface area contributed by atoms with Crippen molar-refractivity contribution in [3.05, 3.63) is 48.0 Å². The van der Waals surface area contributed by atoms with Crippen LogP contribution < -0.4 is 24.3 Å². The molecule has 0 aromatic heterocycles. The zero-order valence-corrected chi connectivity index (χ0v) is 18.8. The van der Waals surface area contributed by atoms with E-state index < -0.39 is 0 Å². The Morgan fingerprint density at radius 1 is 0.938 bits per heavy atom. The summed E-state index contributed by atoms with van der Waals surface area (Å²) in [6.45, 7) is 1.38. The number of hydrogen-bond acceptors (Lipinski definition) is 6. The van der Waals surface area contributed by atoms with Gasteiger partial charge in [-0.3, -0.25) is 9.59 Å². The summed E-state index contributed by atoms with van der Waals surface area (Å²) in [6, 6.07) is 12.8. The molecule has 2 amide bonds. The van der Waals surface area contributed by atoms with Crippen LogP contribution in [0, 0.1) is 5.92 Å². The number of likely N-dealkylation sites (tertiary alicyclic amines) is 1. The molecule has 0 aliphatic carbocycles. The van der Waals surface area contributed by atoms with Crippen molar-refractivity contribution in [3.63, 3.8) is 0 Å². The summed E-state index contributed by atoms with van der Waals surface area (Å²) in [7, 11) is 4.69. The van der Waals surface area contributed by atoms with Crippen LogP contribution in [0.5, 0.6) is 23.0 Å². The Labute approximate surface area is 188 Å². The van der Waals surface area contributed by atoms with Crippen LogP contribution in [0.2, 0.25) is 0 Å². The van der Waals surface area contributed by atoms with Crippen LogP contribution in [0.4, 0.5) is 0 Å². The number of carbonyl (C=O) groups is 2. The fourth-order valence-electron chi connectivity index (χ4n) is 3.70. The highest BCUT2D eigenvalue weighted by molar-refractivity contribution is 5.80. The van der Waals surface area contributed by atoms with Crippen LogP contribution in [0.15, 0.2) is 42.5 Å². The van der Waals surface area contributed by atoms with Gasteiger partial charge < -0.3 is 29.2 Å². The molecule has 0 radical (unpaired) electrons. The summed E-state index contributed by atoms with van der Waals surface area (Å²) in [4.78, 5) is 26.9.